The van der Waals surface area contributed by atoms with E-state index in [1.54, 1.807) is 17.4 Å². The summed E-state index contributed by atoms with van der Waals surface area (Å²) >= 11 is 0. The van der Waals surface area contributed by atoms with Gasteiger partial charge in [-0.1, -0.05) is 0 Å². The van der Waals surface area contributed by atoms with Gasteiger partial charge in [0.2, 0.25) is 5.91 Å². The molecule has 0 saturated carbocycles. The number of halogens is 2. The maximum atomic E-state index is 13.2. The van der Waals surface area contributed by atoms with Gasteiger partial charge in [-0.2, -0.15) is 0 Å². The minimum atomic E-state index is -0.768. The Labute approximate surface area is 161 Å². The van der Waals surface area contributed by atoms with E-state index in [-0.39, 0.29) is 36.0 Å². The van der Waals surface area contributed by atoms with Crippen molar-refractivity contribution in [1.82, 2.24) is 19.8 Å². The summed E-state index contributed by atoms with van der Waals surface area (Å²) in [6, 6.07) is 2.79. The standard InChI is InChI=1S/C19H22F2N4O3/c1-12(26)23-6-13-8-25(9-17(13)18-7-22-11-24(18)2)19(27)10-28-16-4-14(20)3-15(21)5-16/h3-5,7,11,13,17H,6,8-10H2,1-2H3,(H,23,26)/t13-,17-/m1/s1. The van der Waals surface area contributed by atoms with Crippen molar-refractivity contribution in [2.75, 3.05) is 26.2 Å². The van der Waals surface area contributed by atoms with Gasteiger partial charge >= 0.3 is 0 Å². The third-order valence-electron chi connectivity index (χ3n) is 4.84. The van der Waals surface area contributed by atoms with Gasteiger partial charge in [-0.3, -0.25) is 9.59 Å². The Kier molecular flexibility index (Phi) is 5.91. The number of aromatic nitrogens is 2. The van der Waals surface area contributed by atoms with Crippen molar-refractivity contribution in [3.8, 4) is 5.75 Å². The molecule has 0 radical (unpaired) electrons. The molecule has 1 aromatic heterocycles. The largest absolute Gasteiger partial charge is 0.484 e. The van der Waals surface area contributed by atoms with Crippen LogP contribution >= 0.6 is 0 Å². The number of likely N-dealkylation sites (tertiary alicyclic amines) is 1. The van der Waals surface area contributed by atoms with Gasteiger partial charge < -0.3 is 19.5 Å². The molecule has 9 heteroatoms. The molecule has 2 heterocycles. The number of carbonyl (C=O) groups excluding carboxylic acids is 2. The Hall–Kier alpha value is -2.97. The number of hydrogen-bond acceptors (Lipinski definition) is 4. The van der Waals surface area contributed by atoms with E-state index in [1.807, 2.05) is 11.6 Å². The first-order valence-electron chi connectivity index (χ1n) is 8.91. The fourth-order valence-corrected chi connectivity index (χ4v) is 3.46. The third kappa shape index (κ3) is 4.65. The second-order valence-electron chi connectivity index (χ2n) is 6.93. The van der Waals surface area contributed by atoms with Crippen molar-refractivity contribution >= 4 is 11.8 Å². The molecule has 3 rings (SSSR count). The predicted molar refractivity (Wildman–Crippen MR) is 96.6 cm³/mol. The van der Waals surface area contributed by atoms with Crippen molar-refractivity contribution in [1.29, 1.82) is 0 Å². The molecular weight excluding hydrogens is 370 g/mol. The van der Waals surface area contributed by atoms with E-state index in [4.69, 9.17) is 4.74 Å². The summed E-state index contributed by atoms with van der Waals surface area (Å²) in [6.07, 6.45) is 3.45. The molecule has 0 spiro atoms. The molecule has 0 aliphatic carbocycles. The van der Waals surface area contributed by atoms with Crippen LogP contribution in [0.5, 0.6) is 5.75 Å². The SMILES string of the molecule is CC(=O)NC[C@@H]1CN(C(=O)COc2cc(F)cc(F)c2)C[C@H]1c1cncn1C. The van der Waals surface area contributed by atoms with Crippen LogP contribution in [0.15, 0.2) is 30.7 Å². The highest BCUT2D eigenvalue weighted by atomic mass is 19.1. The molecule has 28 heavy (non-hydrogen) atoms. The molecule has 2 aromatic rings. The number of nitrogens with one attached hydrogen (secondary N) is 1. The van der Waals surface area contributed by atoms with Crippen molar-refractivity contribution in [2.24, 2.45) is 13.0 Å². The Balaban J connectivity index is 1.66. The first-order valence-corrected chi connectivity index (χ1v) is 8.91. The fourth-order valence-electron chi connectivity index (χ4n) is 3.46. The number of carbonyl (C=O) groups is 2. The van der Waals surface area contributed by atoms with E-state index < -0.39 is 11.6 Å². The quantitative estimate of drug-likeness (QED) is 0.808. The number of rotatable bonds is 6. The summed E-state index contributed by atoms with van der Waals surface area (Å²) in [7, 11) is 1.88. The molecule has 2 atom stereocenters. The summed E-state index contributed by atoms with van der Waals surface area (Å²) in [4.78, 5) is 29.6. The second-order valence-corrected chi connectivity index (χ2v) is 6.93. The van der Waals surface area contributed by atoms with Crippen LogP contribution in [-0.2, 0) is 16.6 Å². The van der Waals surface area contributed by atoms with Crippen LogP contribution in [0.1, 0.15) is 18.5 Å². The lowest BCUT2D eigenvalue weighted by Gasteiger charge is -2.18. The monoisotopic (exact) mass is 392 g/mol. The van der Waals surface area contributed by atoms with Gasteiger partial charge in [0.1, 0.15) is 17.4 Å². The van der Waals surface area contributed by atoms with E-state index in [2.05, 4.69) is 10.3 Å². The third-order valence-corrected chi connectivity index (χ3v) is 4.84. The summed E-state index contributed by atoms with van der Waals surface area (Å²) in [6.45, 7) is 2.45. The number of imidazole rings is 1. The lowest BCUT2D eigenvalue weighted by Crippen LogP contribution is -2.34. The van der Waals surface area contributed by atoms with Crippen molar-refractivity contribution < 1.29 is 23.1 Å². The van der Waals surface area contributed by atoms with E-state index in [1.165, 1.54) is 6.92 Å². The highest BCUT2D eigenvalue weighted by molar-refractivity contribution is 5.78. The Morgan fingerprint density at radius 1 is 1.25 bits per heavy atom. The minimum Gasteiger partial charge on any atom is -0.484 e. The number of hydrogen-bond donors (Lipinski definition) is 1. The van der Waals surface area contributed by atoms with Crippen LogP contribution in [0.4, 0.5) is 8.78 Å². The normalized spacial score (nSPS) is 18.9. The zero-order valence-electron chi connectivity index (χ0n) is 15.7. The lowest BCUT2D eigenvalue weighted by atomic mass is 9.93. The van der Waals surface area contributed by atoms with E-state index in [0.717, 1.165) is 23.9 Å². The van der Waals surface area contributed by atoms with Crippen molar-refractivity contribution in [3.05, 3.63) is 48.1 Å². The van der Waals surface area contributed by atoms with Crippen LogP contribution in [-0.4, -0.2) is 52.5 Å². The number of amides is 2. The van der Waals surface area contributed by atoms with Gasteiger partial charge in [0.25, 0.3) is 5.91 Å². The zero-order valence-corrected chi connectivity index (χ0v) is 15.7. The van der Waals surface area contributed by atoms with E-state index in [9.17, 15) is 18.4 Å². The van der Waals surface area contributed by atoms with Gasteiger partial charge in [-0.25, -0.2) is 13.8 Å². The topological polar surface area (TPSA) is 76.5 Å². The Morgan fingerprint density at radius 3 is 2.57 bits per heavy atom. The smallest absolute Gasteiger partial charge is 0.260 e. The van der Waals surface area contributed by atoms with Crippen LogP contribution in [0.25, 0.3) is 0 Å². The molecular formula is C19H22F2N4O3. The molecule has 150 valence electrons. The molecule has 7 nitrogen and oxygen atoms in total. The van der Waals surface area contributed by atoms with Gasteiger partial charge in [0, 0.05) is 75.5 Å². The average Bonchev–Trinajstić information content (AvgIpc) is 3.22. The first-order chi connectivity index (χ1) is 13.3. The summed E-state index contributed by atoms with van der Waals surface area (Å²) in [5.74, 6) is -1.97. The van der Waals surface area contributed by atoms with Crippen LogP contribution in [0.3, 0.4) is 0 Å². The van der Waals surface area contributed by atoms with Crippen LogP contribution < -0.4 is 10.1 Å². The summed E-state index contributed by atoms with van der Waals surface area (Å²) in [5.41, 5.74) is 0.971. The second kappa shape index (κ2) is 8.37. The lowest BCUT2D eigenvalue weighted by molar-refractivity contribution is -0.132. The molecule has 1 aromatic carbocycles. The molecule has 1 fully saturated rings. The van der Waals surface area contributed by atoms with Crippen LogP contribution in [0, 0.1) is 17.6 Å². The van der Waals surface area contributed by atoms with E-state index >= 15 is 0 Å². The Bertz CT molecular complexity index is 850. The summed E-state index contributed by atoms with van der Waals surface area (Å²) < 4.78 is 33.6. The van der Waals surface area contributed by atoms with Gasteiger partial charge in [-0.05, 0) is 0 Å². The van der Waals surface area contributed by atoms with Crippen LogP contribution in [0.2, 0.25) is 0 Å². The average molecular weight is 392 g/mol. The zero-order chi connectivity index (χ0) is 20.3. The van der Waals surface area contributed by atoms with Crippen molar-refractivity contribution in [2.45, 2.75) is 12.8 Å². The fraction of sp³-hybridized carbons (Fsp3) is 0.421. The highest BCUT2D eigenvalue weighted by Gasteiger charge is 2.37. The van der Waals surface area contributed by atoms with Gasteiger partial charge in [0.05, 0.1) is 6.33 Å². The number of nitrogens with zero attached hydrogens (tertiary/aromatic N) is 3. The minimum absolute atomic E-state index is 0.00918. The molecule has 1 N–H and O–H groups in total. The summed E-state index contributed by atoms with van der Waals surface area (Å²) in [5, 5.41) is 2.81. The van der Waals surface area contributed by atoms with Crippen molar-refractivity contribution in [3.63, 3.8) is 0 Å². The molecule has 1 aliphatic heterocycles. The number of ether oxygens (including phenoxy) is 1. The first kappa shape index (κ1) is 19.8. The number of benzene rings is 1. The van der Waals surface area contributed by atoms with Gasteiger partial charge in [-0.15, -0.1) is 0 Å². The highest BCUT2D eigenvalue weighted by Crippen LogP contribution is 2.32. The predicted octanol–water partition coefficient (Wildman–Crippen LogP) is 1.46. The molecule has 1 aliphatic rings. The van der Waals surface area contributed by atoms with Gasteiger partial charge in [0.15, 0.2) is 6.61 Å². The maximum absolute atomic E-state index is 13.2. The number of aryl methyl sites for hydroxylation is 1. The maximum Gasteiger partial charge on any atom is 0.260 e. The molecule has 2 amide bonds. The molecule has 0 bridgehead atoms. The molecule has 1 saturated heterocycles. The Morgan fingerprint density at radius 2 is 1.96 bits per heavy atom. The van der Waals surface area contributed by atoms with E-state index in [0.29, 0.717) is 19.6 Å². The molecule has 0 unspecified atom stereocenters.